The van der Waals surface area contributed by atoms with Crippen LogP contribution in [0, 0.1) is 0 Å². The van der Waals surface area contributed by atoms with Crippen LogP contribution in [0.4, 0.5) is 0 Å². The maximum Gasteiger partial charge on any atom is 0.0639 e. The molecule has 0 fully saturated rings. The van der Waals surface area contributed by atoms with Crippen molar-refractivity contribution in [3.8, 4) is 0 Å². The highest BCUT2D eigenvalue weighted by Crippen LogP contribution is 2.30. The van der Waals surface area contributed by atoms with E-state index in [4.69, 9.17) is 28.9 Å². The van der Waals surface area contributed by atoms with Gasteiger partial charge in [0.2, 0.25) is 0 Å². The van der Waals surface area contributed by atoms with E-state index < -0.39 is 0 Å². The quantitative estimate of drug-likeness (QED) is 0.756. The van der Waals surface area contributed by atoms with E-state index in [2.05, 4.69) is 6.92 Å². The predicted octanol–water partition coefficient (Wildman–Crippen LogP) is 4.57. The van der Waals surface area contributed by atoms with Gasteiger partial charge in [-0.1, -0.05) is 61.5 Å². The zero-order chi connectivity index (χ0) is 11.3. The summed E-state index contributed by atoms with van der Waals surface area (Å²) in [5, 5.41) is 1.18. The maximum atomic E-state index is 6.09. The number of unbranched alkanes of at least 4 members (excludes halogenated alkanes) is 2. The summed E-state index contributed by atoms with van der Waals surface area (Å²) in [6.07, 6.45) is 4.52. The van der Waals surface area contributed by atoms with Crippen LogP contribution in [0.25, 0.3) is 0 Å². The molecule has 0 aliphatic carbocycles. The molecule has 0 aliphatic rings. The highest BCUT2D eigenvalue weighted by molar-refractivity contribution is 6.42. The summed E-state index contributed by atoms with van der Waals surface area (Å²) >= 11 is 12.0. The number of halogens is 2. The fraction of sp³-hybridized carbons (Fsp3) is 0.500. The molecule has 1 rings (SSSR count). The Hall–Kier alpha value is -0.240. The van der Waals surface area contributed by atoms with Crippen LogP contribution in [0.5, 0.6) is 0 Å². The number of hydrogen-bond acceptors (Lipinski definition) is 1. The molecule has 0 heterocycles. The first-order chi connectivity index (χ1) is 7.16. The molecule has 0 saturated carbocycles. The van der Waals surface area contributed by atoms with Crippen LogP contribution in [-0.2, 0) is 0 Å². The van der Waals surface area contributed by atoms with Crippen molar-refractivity contribution in [2.24, 2.45) is 5.73 Å². The molecule has 84 valence electrons. The van der Waals surface area contributed by atoms with Gasteiger partial charge >= 0.3 is 0 Å². The smallest absolute Gasteiger partial charge is 0.0639 e. The van der Waals surface area contributed by atoms with E-state index in [-0.39, 0.29) is 6.04 Å². The van der Waals surface area contributed by atoms with Crippen LogP contribution >= 0.6 is 23.2 Å². The molecule has 0 radical (unpaired) electrons. The average Bonchev–Trinajstić information content (AvgIpc) is 2.22. The van der Waals surface area contributed by atoms with E-state index in [9.17, 15) is 0 Å². The Kier molecular flexibility index (Phi) is 5.44. The maximum absolute atomic E-state index is 6.09. The van der Waals surface area contributed by atoms with Crippen LogP contribution in [0.1, 0.15) is 44.2 Å². The molecule has 0 aromatic heterocycles. The van der Waals surface area contributed by atoms with Gasteiger partial charge in [0, 0.05) is 6.04 Å². The minimum atomic E-state index is 0.00255. The highest BCUT2D eigenvalue weighted by Gasteiger charge is 2.11. The first-order valence-corrected chi connectivity index (χ1v) is 6.12. The van der Waals surface area contributed by atoms with Crippen LogP contribution in [0.15, 0.2) is 18.2 Å². The molecule has 0 bridgehead atoms. The van der Waals surface area contributed by atoms with Gasteiger partial charge in [0.15, 0.2) is 0 Å². The summed E-state index contributed by atoms with van der Waals surface area (Å²) in [4.78, 5) is 0. The minimum Gasteiger partial charge on any atom is -0.324 e. The molecule has 2 N–H and O–H groups in total. The summed E-state index contributed by atoms with van der Waals surface area (Å²) in [6.45, 7) is 2.18. The Labute approximate surface area is 102 Å². The SMILES string of the molecule is CCCCCC(N)c1cccc(Cl)c1Cl. The molecule has 1 atom stereocenters. The normalized spacial score (nSPS) is 12.8. The Bertz CT molecular complexity index is 312. The van der Waals surface area contributed by atoms with E-state index in [1.807, 2.05) is 12.1 Å². The zero-order valence-electron chi connectivity index (χ0n) is 8.97. The molecule has 1 aromatic rings. The van der Waals surface area contributed by atoms with Gasteiger partial charge in [-0.2, -0.15) is 0 Å². The third-order valence-electron chi connectivity index (χ3n) is 2.50. The molecule has 0 aliphatic heterocycles. The third-order valence-corrected chi connectivity index (χ3v) is 3.33. The predicted molar refractivity (Wildman–Crippen MR) is 67.5 cm³/mol. The van der Waals surface area contributed by atoms with Crippen molar-refractivity contribution in [1.29, 1.82) is 0 Å². The van der Waals surface area contributed by atoms with Gasteiger partial charge in [-0.3, -0.25) is 0 Å². The van der Waals surface area contributed by atoms with Gasteiger partial charge in [0.05, 0.1) is 10.0 Å². The second kappa shape index (κ2) is 6.37. The Balaban J connectivity index is 2.65. The van der Waals surface area contributed by atoms with Crippen LogP contribution < -0.4 is 5.73 Å². The van der Waals surface area contributed by atoms with Crippen molar-refractivity contribution in [3.05, 3.63) is 33.8 Å². The first-order valence-electron chi connectivity index (χ1n) is 5.36. The van der Waals surface area contributed by atoms with E-state index in [0.29, 0.717) is 10.0 Å². The van der Waals surface area contributed by atoms with Gasteiger partial charge in [-0.15, -0.1) is 0 Å². The largest absolute Gasteiger partial charge is 0.324 e. The van der Waals surface area contributed by atoms with Gasteiger partial charge in [-0.25, -0.2) is 0 Å². The minimum absolute atomic E-state index is 0.00255. The lowest BCUT2D eigenvalue weighted by molar-refractivity contribution is 0.581. The standard InChI is InChI=1S/C12H17Cl2N/c1-2-3-4-8-11(15)9-6-5-7-10(13)12(9)14/h5-7,11H,2-4,8,15H2,1H3. The topological polar surface area (TPSA) is 26.0 Å². The molecular formula is C12H17Cl2N. The Morgan fingerprint density at radius 2 is 2.00 bits per heavy atom. The molecular weight excluding hydrogens is 229 g/mol. The monoisotopic (exact) mass is 245 g/mol. The molecule has 0 saturated heterocycles. The fourth-order valence-corrected chi connectivity index (χ4v) is 2.02. The lowest BCUT2D eigenvalue weighted by Gasteiger charge is -2.14. The summed E-state index contributed by atoms with van der Waals surface area (Å²) in [6, 6.07) is 5.63. The summed E-state index contributed by atoms with van der Waals surface area (Å²) < 4.78 is 0. The van der Waals surface area contributed by atoms with E-state index >= 15 is 0 Å². The average molecular weight is 246 g/mol. The van der Waals surface area contributed by atoms with Gasteiger partial charge in [-0.05, 0) is 18.1 Å². The number of nitrogens with two attached hydrogens (primary N) is 1. The van der Waals surface area contributed by atoms with Gasteiger partial charge in [0.25, 0.3) is 0 Å². The van der Waals surface area contributed by atoms with Crippen LogP contribution in [0.2, 0.25) is 10.0 Å². The van der Waals surface area contributed by atoms with Crippen molar-refractivity contribution >= 4 is 23.2 Å². The molecule has 1 nitrogen and oxygen atoms in total. The molecule has 1 unspecified atom stereocenters. The van der Waals surface area contributed by atoms with Crippen molar-refractivity contribution in [2.45, 2.75) is 38.6 Å². The molecule has 0 spiro atoms. The van der Waals surface area contributed by atoms with Gasteiger partial charge < -0.3 is 5.73 Å². The number of benzene rings is 1. The van der Waals surface area contributed by atoms with Crippen molar-refractivity contribution in [3.63, 3.8) is 0 Å². The van der Waals surface area contributed by atoms with Crippen molar-refractivity contribution < 1.29 is 0 Å². The molecule has 0 amide bonds. The summed E-state index contributed by atoms with van der Waals surface area (Å²) in [7, 11) is 0. The first kappa shape index (κ1) is 12.8. The summed E-state index contributed by atoms with van der Waals surface area (Å²) in [5.74, 6) is 0. The van der Waals surface area contributed by atoms with E-state index in [0.717, 1.165) is 18.4 Å². The van der Waals surface area contributed by atoms with E-state index in [1.54, 1.807) is 6.07 Å². The second-order valence-electron chi connectivity index (χ2n) is 3.75. The Morgan fingerprint density at radius 1 is 1.27 bits per heavy atom. The lowest BCUT2D eigenvalue weighted by atomic mass is 10.0. The number of hydrogen-bond donors (Lipinski definition) is 1. The Morgan fingerprint density at radius 3 is 2.67 bits per heavy atom. The molecule has 15 heavy (non-hydrogen) atoms. The fourth-order valence-electron chi connectivity index (χ4n) is 1.58. The third kappa shape index (κ3) is 3.67. The molecule has 3 heteroatoms. The highest BCUT2D eigenvalue weighted by atomic mass is 35.5. The number of rotatable bonds is 5. The van der Waals surface area contributed by atoms with Crippen molar-refractivity contribution in [2.75, 3.05) is 0 Å². The lowest BCUT2D eigenvalue weighted by Crippen LogP contribution is -2.10. The zero-order valence-corrected chi connectivity index (χ0v) is 10.5. The summed E-state index contributed by atoms with van der Waals surface area (Å²) in [5.41, 5.74) is 7.02. The molecule has 1 aromatic carbocycles. The second-order valence-corrected chi connectivity index (χ2v) is 4.53. The van der Waals surface area contributed by atoms with Crippen LogP contribution in [0.3, 0.4) is 0 Å². The van der Waals surface area contributed by atoms with Gasteiger partial charge in [0.1, 0.15) is 0 Å². The van der Waals surface area contributed by atoms with E-state index in [1.165, 1.54) is 12.8 Å². The van der Waals surface area contributed by atoms with Crippen LogP contribution in [-0.4, -0.2) is 0 Å². The van der Waals surface area contributed by atoms with Crippen molar-refractivity contribution in [1.82, 2.24) is 0 Å².